The number of aromatic nitrogens is 2. The molecule has 0 bridgehead atoms. The third kappa shape index (κ3) is 7.46. The van der Waals surface area contributed by atoms with E-state index in [1.165, 1.54) is 103 Å². The number of Topliss-reactive ketones (excluding diaryl/α,β-unsaturated/α-hetero) is 1. The van der Waals surface area contributed by atoms with Crippen LogP contribution in [0.4, 0.5) is 0 Å². The summed E-state index contributed by atoms with van der Waals surface area (Å²) in [6, 6.07) is 0.147. The van der Waals surface area contributed by atoms with Gasteiger partial charge in [-0.25, -0.2) is 9.69 Å². The summed E-state index contributed by atoms with van der Waals surface area (Å²) in [7, 11) is 0. The first-order valence-electron chi connectivity index (χ1n) is 24.0. The molecule has 0 radical (unpaired) electrons. The average Bonchev–Trinajstić information content (AvgIpc) is 4.06. The van der Waals surface area contributed by atoms with E-state index in [-0.39, 0.29) is 46.2 Å². The number of H-pyrrole nitrogens is 1. The number of nitrogens with one attached hydrogen (secondary N) is 1. The molecule has 2 heterocycles. The number of ketones is 1. The highest BCUT2D eigenvalue weighted by Crippen LogP contribution is 2.47. The lowest BCUT2D eigenvalue weighted by molar-refractivity contribution is -0.131. The minimum Gasteiger partial charge on any atom is -0.506 e. The van der Waals surface area contributed by atoms with Gasteiger partial charge in [0, 0.05) is 5.69 Å². The van der Waals surface area contributed by atoms with Gasteiger partial charge in [0.05, 0.1) is 40.1 Å². The molecule has 8 aliphatic rings. The number of hydrazone groups is 1. The van der Waals surface area contributed by atoms with Crippen LogP contribution in [0.3, 0.4) is 0 Å². The highest BCUT2D eigenvalue weighted by Gasteiger charge is 2.50. The van der Waals surface area contributed by atoms with Crippen molar-refractivity contribution in [2.24, 2.45) is 40.6 Å². The van der Waals surface area contributed by atoms with Crippen molar-refractivity contribution in [3.8, 4) is 0 Å². The van der Waals surface area contributed by atoms with Crippen LogP contribution >= 0.6 is 0 Å². The number of hydrogen-bond donors (Lipinski definition) is 2. The standard InChI is InChI=1S/C48H70N4O4/c53-45-41(39-37(29-31-17-13-14-18-31)49-51(47(39)55)43(33-21-5-1-6-22-33)34-23-7-2-8-24-34)46(54)42(45)40-38(30-32-19-15-16-20-32)50-52(48(40)56)44(35-25-9-3-10-26-35)36-27-11-4-12-28-36/h31-36,43-44,49,53H,1-30H2/b42-40+. The molecule has 1 aliphatic heterocycles. The van der Waals surface area contributed by atoms with Gasteiger partial charge in [0.1, 0.15) is 5.76 Å². The number of aliphatic hydroxyl groups is 1. The zero-order valence-electron chi connectivity index (χ0n) is 34.3. The Balaban J connectivity index is 1.12. The number of aromatic amines is 1. The summed E-state index contributed by atoms with van der Waals surface area (Å²) in [5.74, 6) is 1.99. The summed E-state index contributed by atoms with van der Waals surface area (Å²) in [4.78, 5) is 44.8. The van der Waals surface area contributed by atoms with E-state index in [1.54, 1.807) is 0 Å². The molecule has 0 spiro atoms. The van der Waals surface area contributed by atoms with Crippen LogP contribution in [-0.2, 0) is 16.0 Å². The lowest BCUT2D eigenvalue weighted by Crippen LogP contribution is -2.46. The van der Waals surface area contributed by atoms with Crippen molar-refractivity contribution in [3.63, 3.8) is 0 Å². The lowest BCUT2D eigenvalue weighted by atomic mass is 9.73. The molecular formula is C48H70N4O4. The Morgan fingerprint density at radius 2 is 0.964 bits per heavy atom. The van der Waals surface area contributed by atoms with Gasteiger partial charge in [-0.05, 0) is 99.7 Å². The molecule has 0 atom stereocenters. The highest BCUT2D eigenvalue weighted by molar-refractivity contribution is 6.44. The number of amides is 1. The summed E-state index contributed by atoms with van der Waals surface area (Å²) in [6.07, 6.45) is 34.5. The lowest BCUT2D eigenvalue weighted by Gasteiger charge is -2.41. The van der Waals surface area contributed by atoms with Gasteiger partial charge in [-0.15, -0.1) is 0 Å². The predicted molar refractivity (Wildman–Crippen MR) is 222 cm³/mol. The van der Waals surface area contributed by atoms with Crippen molar-refractivity contribution in [2.75, 3.05) is 0 Å². The van der Waals surface area contributed by atoms with E-state index in [1.807, 2.05) is 9.69 Å². The van der Waals surface area contributed by atoms with Gasteiger partial charge in [0.25, 0.3) is 11.5 Å². The largest absolute Gasteiger partial charge is 0.506 e. The summed E-state index contributed by atoms with van der Waals surface area (Å²) in [5.41, 5.74) is 2.41. The molecule has 2 N–H and O–H groups in total. The zero-order valence-corrected chi connectivity index (χ0v) is 34.3. The summed E-state index contributed by atoms with van der Waals surface area (Å²) >= 11 is 0. The second-order valence-electron chi connectivity index (χ2n) is 19.9. The second-order valence-corrected chi connectivity index (χ2v) is 19.9. The molecule has 7 aliphatic carbocycles. The molecule has 6 fully saturated rings. The number of aliphatic hydroxyl groups excluding tert-OH is 1. The number of carbonyl (C=O) groups excluding carboxylic acids is 2. The molecule has 1 aromatic heterocycles. The normalized spacial score (nSPS) is 27.5. The fourth-order valence-electron chi connectivity index (χ4n) is 13.5. The van der Waals surface area contributed by atoms with Crippen molar-refractivity contribution < 1.29 is 14.7 Å². The number of nitrogens with zero attached hydrogens (tertiary/aromatic N) is 3. The second kappa shape index (κ2) is 17.1. The molecule has 6 saturated carbocycles. The van der Waals surface area contributed by atoms with Crippen LogP contribution in [0.5, 0.6) is 0 Å². The molecule has 8 heteroatoms. The molecule has 8 nitrogen and oxygen atoms in total. The van der Waals surface area contributed by atoms with Crippen molar-refractivity contribution >= 4 is 23.0 Å². The van der Waals surface area contributed by atoms with E-state index >= 15 is 4.79 Å². The van der Waals surface area contributed by atoms with E-state index in [0.717, 1.165) is 89.2 Å². The van der Waals surface area contributed by atoms with Crippen LogP contribution in [0.15, 0.2) is 26.8 Å². The fraction of sp³-hybridized carbons (Fsp3) is 0.792. The smallest absolute Gasteiger partial charge is 0.277 e. The highest BCUT2D eigenvalue weighted by atomic mass is 16.3. The quantitative estimate of drug-likeness (QED) is 0.219. The van der Waals surface area contributed by atoms with E-state index in [0.29, 0.717) is 58.8 Å². The first kappa shape index (κ1) is 38.6. The Bertz CT molecular complexity index is 1710. The molecule has 1 aromatic rings. The van der Waals surface area contributed by atoms with Gasteiger partial charge >= 0.3 is 0 Å². The zero-order chi connectivity index (χ0) is 38.2. The molecule has 9 rings (SSSR count). The van der Waals surface area contributed by atoms with Crippen LogP contribution < -0.4 is 5.56 Å². The van der Waals surface area contributed by atoms with Crippen molar-refractivity contribution in [1.29, 1.82) is 0 Å². The number of carbonyl (C=O) groups is 2. The Labute approximate surface area is 335 Å². The Morgan fingerprint density at radius 1 is 0.536 bits per heavy atom. The SMILES string of the molecule is O=C1C(c2c(CC3CCCC3)[nH]n(C(C3CCCCC3)C3CCCCC3)c2=O)=C(O)/C1=C1\C(=O)N(C(C2CCCCC2)C2CCCCC2)N=C1CC1CCCC1. The van der Waals surface area contributed by atoms with Gasteiger partial charge < -0.3 is 5.11 Å². The molecule has 0 unspecified atom stereocenters. The number of allylic oxidation sites excluding steroid dienone is 2. The van der Waals surface area contributed by atoms with Gasteiger partial charge in [0.15, 0.2) is 0 Å². The first-order chi connectivity index (χ1) is 27.5. The van der Waals surface area contributed by atoms with Gasteiger partial charge in [-0.2, -0.15) is 5.10 Å². The van der Waals surface area contributed by atoms with Crippen LogP contribution in [0.1, 0.15) is 204 Å². The molecule has 0 aromatic carbocycles. The van der Waals surface area contributed by atoms with Crippen LogP contribution in [0.25, 0.3) is 5.57 Å². The van der Waals surface area contributed by atoms with E-state index in [2.05, 4.69) is 5.10 Å². The van der Waals surface area contributed by atoms with Crippen molar-refractivity contribution in [1.82, 2.24) is 14.8 Å². The van der Waals surface area contributed by atoms with Crippen LogP contribution in [-0.4, -0.2) is 43.3 Å². The van der Waals surface area contributed by atoms with Gasteiger partial charge in [-0.1, -0.05) is 128 Å². The van der Waals surface area contributed by atoms with E-state index in [9.17, 15) is 14.7 Å². The Hall–Kier alpha value is -2.90. The minimum absolute atomic E-state index is 0.0481. The maximum Gasteiger partial charge on any atom is 0.277 e. The van der Waals surface area contributed by atoms with Crippen LogP contribution in [0, 0.1) is 35.5 Å². The monoisotopic (exact) mass is 767 g/mol. The molecular weight excluding hydrogens is 697 g/mol. The summed E-state index contributed by atoms with van der Waals surface area (Å²) in [6.45, 7) is 0. The average molecular weight is 767 g/mol. The molecule has 1 amide bonds. The maximum atomic E-state index is 15.0. The third-order valence-electron chi connectivity index (χ3n) is 16.4. The van der Waals surface area contributed by atoms with E-state index in [4.69, 9.17) is 5.10 Å². The third-order valence-corrected chi connectivity index (χ3v) is 16.4. The van der Waals surface area contributed by atoms with Gasteiger partial charge in [0.2, 0.25) is 5.78 Å². The predicted octanol–water partition coefficient (Wildman–Crippen LogP) is 11.1. The minimum atomic E-state index is -0.332. The fourth-order valence-corrected chi connectivity index (χ4v) is 13.5. The number of rotatable bonds is 11. The Morgan fingerprint density at radius 3 is 1.43 bits per heavy atom. The molecule has 306 valence electrons. The topological polar surface area (TPSA) is 108 Å². The summed E-state index contributed by atoms with van der Waals surface area (Å²) < 4.78 is 1.96. The van der Waals surface area contributed by atoms with E-state index < -0.39 is 0 Å². The van der Waals surface area contributed by atoms with Crippen molar-refractivity contribution in [3.05, 3.63) is 38.5 Å². The van der Waals surface area contributed by atoms with Crippen molar-refractivity contribution in [2.45, 2.75) is 205 Å². The van der Waals surface area contributed by atoms with Gasteiger partial charge in [-0.3, -0.25) is 19.5 Å². The number of hydrogen-bond acceptors (Lipinski definition) is 5. The molecule has 0 saturated heterocycles. The maximum absolute atomic E-state index is 15.0. The summed E-state index contributed by atoms with van der Waals surface area (Å²) in [5, 5.41) is 23.0. The van der Waals surface area contributed by atoms with Crippen LogP contribution in [0.2, 0.25) is 0 Å². The molecule has 56 heavy (non-hydrogen) atoms. The first-order valence-corrected chi connectivity index (χ1v) is 24.0. The Kier molecular flexibility index (Phi) is 11.8.